The van der Waals surface area contributed by atoms with Gasteiger partial charge in [-0.2, -0.15) is 0 Å². The van der Waals surface area contributed by atoms with E-state index < -0.39 is 0 Å². The van der Waals surface area contributed by atoms with E-state index in [2.05, 4.69) is 47.1 Å². The first kappa shape index (κ1) is 14.9. The minimum atomic E-state index is 0.214. The lowest BCUT2D eigenvalue weighted by Gasteiger charge is -2.37. The van der Waals surface area contributed by atoms with Crippen molar-refractivity contribution in [3.8, 4) is 5.75 Å². The predicted octanol–water partition coefficient (Wildman–Crippen LogP) is 3.28. The van der Waals surface area contributed by atoms with Crippen LogP contribution in [0, 0.1) is 0 Å². The van der Waals surface area contributed by atoms with E-state index in [4.69, 9.17) is 4.74 Å². The molecule has 1 fully saturated rings. The van der Waals surface area contributed by atoms with Gasteiger partial charge in [0.05, 0.1) is 0 Å². The number of piperazine rings is 1. The number of rotatable bonds is 5. The van der Waals surface area contributed by atoms with Crippen molar-refractivity contribution in [1.82, 2.24) is 4.90 Å². The van der Waals surface area contributed by atoms with E-state index >= 15 is 0 Å². The van der Waals surface area contributed by atoms with Gasteiger partial charge in [-0.1, -0.05) is 36.4 Å². The first-order chi connectivity index (χ1) is 10.8. The number of hydrogen-bond donors (Lipinski definition) is 0. The molecule has 0 bridgehead atoms. The number of para-hydroxylation sites is 2. The van der Waals surface area contributed by atoms with E-state index in [1.807, 2.05) is 30.3 Å². The van der Waals surface area contributed by atoms with Crippen LogP contribution >= 0.6 is 0 Å². The van der Waals surface area contributed by atoms with E-state index in [0.29, 0.717) is 0 Å². The molecule has 3 nitrogen and oxygen atoms in total. The molecule has 2 aromatic rings. The molecule has 3 heteroatoms. The maximum Gasteiger partial charge on any atom is 0.119 e. The third-order valence-corrected chi connectivity index (χ3v) is 4.09. The lowest BCUT2D eigenvalue weighted by atomic mass is 10.2. The molecule has 1 atom stereocenters. The molecule has 116 valence electrons. The lowest BCUT2D eigenvalue weighted by Crippen LogP contribution is -2.48. The summed E-state index contributed by atoms with van der Waals surface area (Å²) in [5, 5.41) is 0. The summed E-state index contributed by atoms with van der Waals surface area (Å²) < 4.78 is 5.97. The van der Waals surface area contributed by atoms with Crippen molar-refractivity contribution in [2.45, 2.75) is 13.0 Å². The molecule has 0 N–H and O–H groups in total. The highest BCUT2D eigenvalue weighted by Crippen LogP contribution is 2.16. The van der Waals surface area contributed by atoms with Gasteiger partial charge in [0, 0.05) is 38.4 Å². The predicted molar refractivity (Wildman–Crippen MR) is 91.6 cm³/mol. The summed E-state index contributed by atoms with van der Waals surface area (Å²) in [6, 6.07) is 20.8. The Labute approximate surface area is 133 Å². The second-order valence-electron chi connectivity index (χ2n) is 5.86. The second kappa shape index (κ2) is 7.32. The molecule has 0 spiro atoms. The van der Waals surface area contributed by atoms with Gasteiger partial charge < -0.3 is 9.64 Å². The van der Waals surface area contributed by atoms with Crippen molar-refractivity contribution < 1.29 is 4.74 Å². The van der Waals surface area contributed by atoms with Gasteiger partial charge in [0.2, 0.25) is 0 Å². The minimum absolute atomic E-state index is 0.214. The highest BCUT2D eigenvalue weighted by molar-refractivity contribution is 5.46. The summed E-state index contributed by atoms with van der Waals surface area (Å²) in [4.78, 5) is 4.95. The summed E-state index contributed by atoms with van der Waals surface area (Å²) >= 11 is 0. The van der Waals surface area contributed by atoms with Crippen LogP contribution in [0.4, 0.5) is 5.69 Å². The zero-order valence-electron chi connectivity index (χ0n) is 13.2. The van der Waals surface area contributed by atoms with E-state index in [1.54, 1.807) is 0 Å². The minimum Gasteiger partial charge on any atom is -0.489 e. The highest BCUT2D eigenvalue weighted by Gasteiger charge is 2.19. The molecular formula is C19H24N2O. The van der Waals surface area contributed by atoms with E-state index in [-0.39, 0.29) is 6.10 Å². The Morgan fingerprint density at radius 2 is 1.45 bits per heavy atom. The van der Waals surface area contributed by atoms with E-state index in [1.165, 1.54) is 5.69 Å². The zero-order chi connectivity index (χ0) is 15.2. The molecule has 1 unspecified atom stereocenters. The number of hydrogen-bond acceptors (Lipinski definition) is 3. The first-order valence-electron chi connectivity index (χ1n) is 8.05. The fraction of sp³-hybridized carbons (Fsp3) is 0.368. The molecule has 3 rings (SSSR count). The fourth-order valence-corrected chi connectivity index (χ4v) is 2.96. The lowest BCUT2D eigenvalue weighted by molar-refractivity contribution is 0.140. The topological polar surface area (TPSA) is 15.7 Å². The molecule has 1 saturated heterocycles. The van der Waals surface area contributed by atoms with Gasteiger partial charge in [-0.3, -0.25) is 4.90 Å². The van der Waals surface area contributed by atoms with Crippen LogP contribution in [0.5, 0.6) is 5.75 Å². The molecule has 0 aliphatic carbocycles. The Morgan fingerprint density at radius 1 is 0.864 bits per heavy atom. The molecule has 0 saturated carbocycles. The summed E-state index contributed by atoms with van der Waals surface area (Å²) in [7, 11) is 0. The van der Waals surface area contributed by atoms with Gasteiger partial charge in [0.1, 0.15) is 11.9 Å². The molecule has 0 aromatic heterocycles. The molecular weight excluding hydrogens is 272 g/mol. The number of nitrogens with zero attached hydrogens (tertiary/aromatic N) is 2. The van der Waals surface area contributed by atoms with Crippen LogP contribution in [0.1, 0.15) is 6.92 Å². The Kier molecular flexibility index (Phi) is 4.96. The molecule has 1 aliphatic heterocycles. The van der Waals surface area contributed by atoms with Crippen molar-refractivity contribution in [2.24, 2.45) is 0 Å². The van der Waals surface area contributed by atoms with E-state index in [9.17, 15) is 0 Å². The Balaban J connectivity index is 1.46. The zero-order valence-corrected chi connectivity index (χ0v) is 13.2. The number of ether oxygens (including phenoxy) is 1. The first-order valence-corrected chi connectivity index (χ1v) is 8.05. The van der Waals surface area contributed by atoms with Gasteiger partial charge >= 0.3 is 0 Å². The van der Waals surface area contributed by atoms with Crippen LogP contribution in [-0.4, -0.2) is 43.7 Å². The number of anilines is 1. The smallest absolute Gasteiger partial charge is 0.119 e. The normalized spacial score (nSPS) is 17.2. The van der Waals surface area contributed by atoms with Gasteiger partial charge in [0.25, 0.3) is 0 Å². The van der Waals surface area contributed by atoms with E-state index in [0.717, 1.165) is 38.5 Å². The maximum atomic E-state index is 5.97. The quantitative estimate of drug-likeness (QED) is 0.842. The van der Waals surface area contributed by atoms with Crippen molar-refractivity contribution in [3.05, 3.63) is 60.7 Å². The van der Waals surface area contributed by atoms with Gasteiger partial charge in [-0.15, -0.1) is 0 Å². The highest BCUT2D eigenvalue weighted by atomic mass is 16.5. The average molecular weight is 296 g/mol. The van der Waals surface area contributed by atoms with Crippen molar-refractivity contribution >= 4 is 5.69 Å². The van der Waals surface area contributed by atoms with Crippen LogP contribution < -0.4 is 9.64 Å². The monoisotopic (exact) mass is 296 g/mol. The third-order valence-electron chi connectivity index (χ3n) is 4.09. The molecule has 1 aliphatic rings. The maximum absolute atomic E-state index is 5.97. The molecule has 0 radical (unpaired) electrons. The Hall–Kier alpha value is -2.00. The van der Waals surface area contributed by atoms with Crippen LogP contribution in [0.25, 0.3) is 0 Å². The third kappa shape index (κ3) is 4.01. The van der Waals surface area contributed by atoms with Gasteiger partial charge in [-0.05, 0) is 31.2 Å². The summed E-state index contributed by atoms with van der Waals surface area (Å²) in [6.07, 6.45) is 0.214. The Morgan fingerprint density at radius 3 is 2.09 bits per heavy atom. The van der Waals surface area contributed by atoms with Crippen molar-refractivity contribution in [1.29, 1.82) is 0 Å². The van der Waals surface area contributed by atoms with Crippen LogP contribution in [0.3, 0.4) is 0 Å². The van der Waals surface area contributed by atoms with Crippen molar-refractivity contribution in [2.75, 3.05) is 37.6 Å². The largest absolute Gasteiger partial charge is 0.489 e. The van der Waals surface area contributed by atoms with Crippen LogP contribution in [0.15, 0.2) is 60.7 Å². The van der Waals surface area contributed by atoms with Crippen LogP contribution in [0.2, 0.25) is 0 Å². The average Bonchev–Trinajstić information content (AvgIpc) is 2.57. The molecule has 1 heterocycles. The fourth-order valence-electron chi connectivity index (χ4n) is 2.96. The summed E-state index contributed by atoms with van der Waals surface area (Å²) in [5.41, 5.74) is 1.33. The Bertz CT molecular complexity index is 550. The SMILES string of the molecule is CC(CN1CCN(c2ccccc2)CC1)Oc1ccccc1. The number of benzene rings is 2. The standard InChI is InChI=1S/C19H24N2O/c1-17(22-19-10-6-3-7-11-19)16-20-12-14-21(15-13-20)18-8-4-2-5-9-18/h2-11,17H,12-16H2,1H3. The van der Waals surface area contributed by atoms with Crippen molar-refractivity contribution in [3.63, 3.8) is 0 Å². The van der Waals surface area contributed by atoms with Crippen LogP contribution in [-0.2, 0) is 0 Å². The van der Waals surface area contributed by atoms with Gasteiger partial charge in [-0.25, -0.2) is 0 Å². The summed E-state index contributed by atoms with van der Waals surface area (Å²) in [6.45, 7) is 7.49. The van der Waals surface area contributed by atoms with Gasteiger partial charge in [0.15, 0.2) is 0 Å². The summed E-state index contributed by atoms with van der Waals surface area (Å²) in [5.74, 6) is 0.956. The molecule has 22 heavy (non-hydrogen) atoms. The second-order valence-corrected chi connectivity index (χ2v) is 5.86. The molecule has 0 amide bonds. The molecule has 2 aromatic carbocycles.